The van der Waals surface area contributed by atoms with Gasteiger partial charge >= 0.3 is 0 Å². The number of amides is 1. The Morgan fingerprint density at radius 3 is 2.42 bits per heavy atom. The minimum absolute atomic E-state index is 0.0810. The van der Waals surface area contributed by atoms with Gasteiger partial charge in [-0.25, -0.2) is 0 Å². The largest absolute Gasteiger partial charge is 0.391 e. The van der Waals surface area contributed by atoms with Crippen molar-refractivity contribution < 1.29 is 9.90 Å². The Morgan fingerprint density at radius 2 is 2.00 bits per heavy atom. The second-order valence-corrected chi connectivity index (χ2v) is 6.14. The second kappa shape index (κ2) is 5.74. The van der Waals surface area contributed by atoms with E-state index < -0.39 is 6.10 Å². The van der Waals surface area contributed by atoms with Gasteiger partial charge in [-0.2, -0.15) is 5.10 Å². The number of carbonyl (C=O) groups is 1. The van der Waals surface area contributed by atoms with E-state index in [4.69, 9.17) is 0 Å². The smallest absolute Gasteiger partial charge is 0.224 e. The van der Waals surface area contributed by atoms with Crippen LogP contribution in [0.3, 0.4) is 0 Å². The standard InChI is InChI=1S/C14H25N3O2/c1-9-11(10(2)17(6)16-9)7-13(19)15-8-12(18)14(3,4)5/h12,18H,7-8H2,1-6H3,(H,15,19). The summed E-state index contributed by atoms with van der Waals surface area (Å²) in [5.41, 5.74) is 2.62. The Kier molecular flexibility index (Phi) is 4.74. The summed E-state index contributed by atoms with van der Waals surface area (Å²) in [6.07, 6.45) is -0.241. The fourth-order valence-electron chi connectivity index (χ4n) is 1.81. The fourth-order valence-corrected chi connectivity index (χ4v) is 1.81. The van der Waals surface area contributed by atoms with E-state index in [-0.39, 0.29) is 17.9 Å². The van der Waals surface area contributed by atoms with Crippen LogP contribution >= 0.6 is 0 Å². The quantitative estimate of drug-likeness (QED) is 0.858. The number of carbonyl (C=O) groups excluding carboxylic acids is 1. The van der Waals surface area contributed by atoms with Crippen molar-refractivity contribution in [2.24, 2.45) is 12.5 Å². The molecule has 1 amide bonds. The van der Waals surface area contributed by atoms with Gasteiger partial charge in [-0.05, 0) is 19.3 Å². The summed E-state index contributed by atoms with van der Waals surface area (Å²) in [5.74, 6) is -0.0810. The van der Waals surface area contributed by atoms with E-state index in [2.05, 4.69) is 10.4 Å². The summed E-state index contributed by atoms with van der Waals surface area (Å²) in [6.45, 7) is 9.96. The predicted octanol–water partition coefficient (Wildman–Crippen LogP) is 1.10. The monoisotopic (exact) mass is 267 g/mol. The van der Waals surface area contributed by atoms with Crippen molar-refractivity contribution in [2.75, 3.05) is 6.54 Å². The molecule has 0 saturated heterocycles. The van der Waals surface area contributed by atoms with Gasteiger partial charge in [0.2, 0.25) is 5.91 Å². The summed E-state index contributed by atoms with van der Waals surface area (Å²) in [7, 11) is 1.87. The average Bonchev–Trinajstić information content (AvgIpc) is 2.51. The van der Waals surface area contributed by atoms with Crippen molar-refractivity contribution in [3.8, 4) is 0 Å². The van der Waals surface area contributed by atoms with Crippen LogP contribution in [0.4, 0.5) is 0 Å². The molecule has 0 aliphatic carbocycles. The highest BCUT2D eigenvalue weighted by Gasteiger charge is 2.22. The van der Waals surface area contributed by atoms with Crippen LogP contribution in [0.2, 0.25) is 0 Å². The third kappa shape index (κ3) is 4.06. The molecule has 0 spiro atoms. The topological polar surface area (TPSA) is 67.2 Å². The van der Waals surface area contributed by atoms with Crippen LogP contribution in [0, 0.1) is 19.3 Å². The van der Waals surface area contributed by atoms with Crippen LogP contribution in [0.15, 0.2) is 0 Å². The number of aliphatic hydroxyl groups excluding tert-OH is 1. The van der Waals surface area contributed by atoms with Crippen molar-refractivity contribution in [1.82, 2.24) is 15.1 Å². The summed E-state index contributed by atoms with van der Waals surface area (Å²) < 4.78 is 1.78. The SMILES string of the molecule is Cc1nn(C)c(C)c1CC(=O)NCC(O)C(C)(C)C. The van der Waals surface area contributed by atoms with Crippen molar-refractivity contribution in [1.29, 1.82) is 0 Å². The van der Waals surface area contributed by atoms with E-state index in [1.54, 1.807) is 4.68 Å². The molecule has 0 aliphatic rings. The third-order valence-electron chi connectivity index (χ3n) is 3.49. The first-order valence-electron chi connectivity index (χ1n) is 6.56. The number of nitrogens with one attached hydrogen (secondary N) is 1. The molecule has 0 bridgehead atoms. The number of rotatable bonds is 4. The van der Waals surface area contributed by atoms with Gasteiger partial charge in [0.05, 0.1) is 18.2 Å². The molecule has 1 aromatic heterocycles. The highest BCUT2D eigenvalue weighted by atomic mass is 16.3. The van der Waals surface area contributed by atoms with Gasteiger partial charge in [0.15, 0.2) is 0 Å². The van der Waals surface area contributed by atoms with E-state index in [9.17, 15) is 9.90 Å². The first-order chi connectivity index (χ1) is 8.62. The summed E-state index contributed by atoms with van der Waals surface area (Å²) >= 11 is 0. The number of hydrogen-bond acceptors (Lipinski definition) is 3. The van der Waals surface area contributed by atoms with Gasteiger partial charge in [-0.3, -0.25) is 9.48 Å². The lowest BCUT2D eigenvalue weighted by atomic mass is 9.89. The van der Waals surface area contributed by atoms with Crippen molar-refractivity contribution in [2.45, 2.75) is 47.1 Å². The highest BCUT2D eigenvalue weighted by Crippen LogP contribution is 2.18. The molecule has 19 heavy (non-hydrogen) atoms. The Balaban J connectivity index is 2.57. The fraction of sp³-hybridized carbons (Fsp3) is 0.714. The minimum atomic E-state index is -0.549. The molecule has 1 aromatic rings. The normalized spacial score (nSPS) is 13.4. The molecule has 1 rings (SSSR count). The number of aliphatic hydroxyl groups is 1. The molecule has 0 radical (unpaired) electrons. The molecule has 1 atom stereocenters. The average molecular weight is 267 g/mol. The van der Waals surface area contributed by atoms with Crippen LogP contribution in [0.5, 0.6) is 0 Å². The number of nitrogens with zero attached hydrogens (tertiary/aromatic N) is 2. The van der Waals surface area contributed by atoms with Gasteiger partial charge in [0.25, 0.3) is 0 Å². The maximum atomic E-state index is 11.9. The zero-order valence-electron chi connectivity index (χ0n) is 12.7. The van der Waals surface area contributed by atoms with E-state index in [0.29, 0.717) is 6.42 Å². The van der Waals surface area contributed by atoms with E-state index in [1.807, 2.05) is 41.7 Å². The van der Waals surface area contributed by atoms with E-state index >= 15 is 0 Å². The molecule has 2 N–H and O–H groups in total. The molecule has 1 unspecified atom stereocenters. The van der Waals surface area contributed by atoms with Gasteiger partial charge < -0.3 is 10.4 Å². The van der Waals surface area contributed by atoms with Crippen LogP contribution in [-0.2, 0) is 18.3 Å². The van der Waals surface area contributed by atoms with Crippen LogP contribution in [-0.4, -0.2) is 33.4 Å². The van der Waals surface area contributed by atoms with Gasteiger partial charge in [-0.15, -0.1) is 0 Å². The highest BCUT2D eigenvalue weighted by molar-refractivity contribution is 5.79. The van der Waals surface area contributed by atoms with Crippen molar-refractivity contribution in [3.63, 3.8) is 0 Å². The second-order valence-electron chi connectivity index (χ2n) is 6.14. The molecule has 0 aromatic carbocycles. The summed E-state index contributed by atoms with van der Waals surface area (Å²) in [6, 6.07) is 0. The first-order valence-corrected chi connectivity index (χ1v) is 6.56. The van der Waals surface area contributed by atoms with Crippen molar-refractivity contribution >= 4 is 5.91 Å². The zero-order chi connectivity index (χ0) is 14.8. The first kappa shape index (κ1) is 15.7. The number of aromatic nitrogens is 2. The molecule has 5 nitrogen and oxygen atoms in total. The third-order valence-corrected chi connectivity index (χ3v) is 3.49. The Hall–Kier alpha value is -1.36. The van der Waals surface area contributed by atoms with E-state index in [1.165, 1.54) is 0 Å². The minimum Gasteiger partial charge on any atom is -0.391 e. The Bertz CT molecular complexity index is 458. The number of hydrogen-bond donors (Lipinski definition) is 2. The molecule has 108 valence electrons. The van der Waals surface area contributed by atoms with Crippen LogP contribution in [0.25, 0.3) is 0 Å². The lowest BCUT2D eigenvalue weighted by molar-refractivity contribution is -0.121. The maximum absolute atomic E-state index is 11.9. The lowest BCUT2D eigenvalue weighted by Gasteiger charge is -2.25. The zero-order valence-corrected chi connectivity index (χ0v) is 12.7. The molecule has 1 heterocycles. The molecular formula is C14H25N3O2. The van der Waals surface area contributed by atoms with Crippen LogP contribution < -0.4 is 5.32 Å². The van der Waals surface area contributed by atoms with E-state index in [0.717, 1.165) is 17.0 Å². The van der Waals surface area contributed by atoms with Crippen LogP contribution in [0.1, 0.15) is 37.7 Å². The maximum Gasteiger partial charge on any atom is 0.224 e. The Labute approximate surface area is 115 Å². The summed E-state index contributed by atoms with van der Waals surface area (Å²) in [5, 5.41) is 16.9. The molecular weight excluding hydrogens is 242 g/mol. The van der Waals surface area contributed by atoms with Gasteiger partial charge in [-0.1, -0.05) is 20.8 Å². The Morgan fingerprint density at radius 1 is 1.42 bits per heavy atom. The molecule has 0 aliphatic heterocycles. The molecule has 5 heteroatoms. The molecule has 0 saturated carbocycles. The van der Waals surface area contributed by atoms with Crippen molar-refractivity contribution in [3.05, 3.63) is 17.0 Å². The predicted molar refractivity (Wildman–Crippen MR) is 74.9 cm³/mol. The van der Waals surface area contributed by atoms with Gasteiger partial charge in [0.1, 0.15) is 0 Å². The molecule has 0 fully saturated rings. The summed E-state index contributed by atoms with van der Waals surface area (Å²) in [4.78, 5) is 11.9. The van der Waals surface area contributed by atoms with Gasteiger partial charge in [0, 0.05) is 24.8 Å². The number of aryl methyl sites for hydroxylation is 2. The lowest BCUT2D eigenvalue weighted by Crippen LogP contribution is -2.39.